The first-order chi connectivity index (χ1) is 15.0. The number of nitrogens with one attached hydrogen (secondary N) is 1. The van der Waals surface area contributed by atoms with E-state index in [4.69, 9.17) is 21.1 Å². The van der Waals surface area contributed by atoms with Gasteiger partial charge in [0.25, 0.3) is 0 Å². The summed E-state index contributed by atoms with van der Waals surface area (Å²) in [5.41, 5.74) is 0.530. The van der Waals surface area contributed by atoms with Gasteiger partial charge in [-0.05, 0) is 75.1 Å². The van der Waals surface area contributed by atoms with Gasteiger partial charge in [-0.3, -0.25) is 9.59 Å². The number of rotatable bonds is 7. The maximum absolute atomic E-state index is 12.9. The quantitative estimate of drug-likeness (QED) is 0.646. The van der Waals surface area contributed by atoms with Crippen LogP contribution in [0.3, 0.4) is 0 Å². The molecule has 2 amide bonds. The zero-order valence-electron chi connectivity index (χ0n) is 17.6. The summed E-state index contributed by atoms with van der Waals surface area (Å²) in [4.78, 5) is 27.0. The van der Waals surface area contributed by atoms with Gasteiger partial charge < -0.3 is 19.7 Å². The molecule has 7 heteroatoms. The number of ether oxygens (including phenoxy) is 2. The van der Waals surface area contributed by atoms with Crippen molar-refractivity contribution in [2.45, 2.75) is 32.6 Å². The normalized spacial score (nSPS) is 16.6. The summed E-state index contributed by atoms with van der Waals surface area (Å²) >= 11 is 6.17. The highest BCUT2D eigenvalue weighted by molar-refractivity contribution is 6.31. The Bertz CT molecular complexity index is 935. The van der Waals surface area contributed by atoms with E-state index >= 15 is 0 Å². The lowest BCUT2D eigenvalue weighted by molar-refractivity contribution is -0.135. The largest absolute Gasteiger partial charge is 0.494 e. The Balaban J connectivity index is 1.39. The summed E-state index contributed by atoms with van der Waals surface area (Å²) in [6, 6.07) is 12.5. The van der Waals surface area contributed by atoms with Gasteiger partial charge in [0.1, 0.15) is 11.5 Å². The molecule has 0 bridgehead atoms. The average Bonchev–Trinajstić information content (AvgIpc) is 3.62. The number of amides is 2. The number of likely N-dealkylation sites (tertiary alicyclic amines) is 1. The Morgan fingerprint density at radius 1 is 1.00 bits per heavy atom. The molecule has 1 N–H and O–H groups in total. The average molecular weight is 443 g/mol. The lowest BCUT2D eigenvalue weighted by Crippen LogP contribution is -2.42. The minimum absolute atomic E-state index is 0.0719. The minimum atomic E-state index is -0.138. The van der Waals surface area contributed by atoms with Crippen LogP contribution in [0.5, 0.6) is 17.2 Å². The molecular weight excluding hydrogens is 416 g/mol. The minimum Gasteiger partial charge on any atom is -0.494 e. The van der Waals surface area contributed by atoms with Gasteiger partial charge in [0.15, 0.2) is 5.75 Å². The lowest BCUT2D eigenvalue weighted by atomic mass is 9.95. The molecule has 31 heavy (non-hydrogen) atoms. The lowest BCUT2D eigenvalue weighted by Gasteiger charge is -2.31. The van der Waals surface area contributed by atoms with Crippen molar-refractivity contribution in [2.75, 3.05) is 25.0 Å². The van der Waals surface area contributed by atoms with Crippen LogP contribution in [-0.4, -0.2) is 36.4 Å². The first kappa shape index (κ1) is 21.5. The van der Waals surface area contributed by atoms with E-state index in [0.717, 1.165) is 18.6 Å². The maximum atomic E-state index is 12.9. The SMILES string of the molecule is CCOc1ccc(Oc2ccc(Cl)cc2NC(=O)C2CCN(C(=O)C3CC3)CC2)cc1. The van der Waals surface area contributed by atoms with Crippen molar-refractivity contribution in [3.05, 3.63) is 47.5 Å². The topological polar surface area (TPSA) is 67.9 Å². The van der Waals surface area contributed by atoms with E-state index in [2.05, 4.69) is 5.32 Å². The van der Waals surface area contributed by atoms with Gasteiger partial charge in [-0.15, -0.1) is 0 Å². The van der Waals surface area contributed by atoms with Gasteiger partial charge in [-0.2, -0.15) is 0 Å². The third-order valence-corrected chi connectivity index (χ3v) is 5.90. The molecule has 1 saturated carbocycles. The summed E-state index contributed by atoms with van der Waals surface area (Å²) in [6.45, 7) is 3.81. The predicted octanol–water partition coefficient (Wildman–Crippen LogP) is 5.12. The van der Waals surface area contributed by atoms with Crippen molar-refractivity contribution in [1.29, 1.82) is 0 Å². The van der Waals surface area contributed by atoms with E-state index in [1.807, 2.05) is 36.1 Å². The molecule has 6 nitrogen and oxygen atoms in total. The van der Waals surface area contributed by atoms with Crippen LogP contribution in [0.25, 0.3) is 0 Å². The summed E-state index contributed by atoms with van der Waals surface area (Å²) in [5.74, 6) is 2.18. The van der Waals surface area contributed by atoms with Crippen LogP contribution < -0.4 is 14.8 Å². The number of hydrogen-bond donors (Lipinski definition) is 1. The molecule has 0 radical (unpaired) electrons. The molecule has 2 aromatic carbocycles. The van der Waals surface area contributed by atoms with E-state index in [0.29, 0.717) is 54.7 Å². The molecule has 2 aromatic rings. The second-order valence-electron chi connectivity index (χ2n) is 8.01. The van der Waals surface area contributed by atoms with Crippen molar-refractivity contribution in [2.24, 2.45) is 11.8 Å². The second kappa shape index (κ2) is 9.60. The van der Waals surface area contributed by atoms with E-state index in [1.54, 1.807) is 18.2 Å². The highest BCUT2D eigenvalue weighted by atomic mass is 35.5. The van der Waals surface area contributed by atoms with Crippen LogP contribution in [0.4, 0.5) is 5.69 Å². The molecule has 0 unspecified atom stereocenters. The molecule has 1 heterocycles. The smallest absolute Gasteiger partial charge is 0.227 e. The molecule has 1 aliphatic carbocycles. The van der Waals surface area contributed by atoms with Crippen molar-refractivity contribution in [3.63, 3.8) is 0 Å². The molecule has 2 fully saturated rings. The molecule has 0 spiro atoms. The fourth-order valence-electron chi connectivity index (χ4n) is 3.77. The molecule has 2 aliphatic rings. The van der Waals surface area contributed by atoms with E-state index in [9.17, 15) is 9.59 Å². The Hall–Kier alpha value is -2.73. The van der Waals surface area contributed by atoms with Gasteiger partial charge in [0.05, 0.1) is 12.3 Å². The van der Waals surface area contributed by atoms with Crippen LogP contribution in [0.15, 0.2) is 42.5 Å². The summed E-state index contributed by atoms with van der Waals surface area (Å²) < 4.78 is 11.4. The number of benzene rings is 2. The fourth-order valence-corrected chi connectivity index (χ4v) is 3.94. The molecule has 1 aliphatic heterocycles. The monoisotopic (exact) mass is 442 g/mol. The highest BCUT2D eigenvalue weighted by Gasteiger charge is 2.36. The second-order valence-corrected chi connectivity index (χ2v) is 8.45. The van der Waals surface area contributed by atoms with Gasteiger partial charge in [-0.25, -0.2) is 0 Å². The Labute approximate surface area is 187 Å². The molecule has 164 valence electrons. The van der Waals surface area contributed by atoms with E-state index in [1.165, 1.54) is 0 Å². The van der Waals surface area contributed by atoms with Crippen molar-refractivity contribution in [3.8, 4) is 17.2 Å². The zero-order valence-corrected chi connectivity index (χ0v) is 18.4. The fraction of sp³-hybridized carbons (Fsp3) is 0.417. The molecule has 1 saturated heterocycles. The number of carbonyl (C=O) groups is 2. The highest BCUT2D eigenvalue weighted by Crippen LogP contribution is 2.35. The maximum Gasteiger partial charge on any atom is 0.227 e. The third kappa shape index (κ3) is 5.50. The standard InChI is InChI=1S/C24H27ClN2O4/c1-2-30-19-6-8-20(9-7-19)31-22-10-5-18(25)15-21(22)26-23(28)16-11-13-27(14-12-16)24(29)17-3-4-17/h5-10,15-17H,2-4,11-14H2,1H3,(H,26,28). The Kier molecular flexibility index (Phi) is 6.66. The predicted molar refractivity (Wildman–Crippen MR) is 120 cm³/mol. The number of hydrogen-bond acceptors (Lipinski definition) is 4. The van der Waals surface area contributed by atoms with Crippen molar-refractivity contribution < 1.29 is 19.1 Å². The summed E-state index contributed by atoms with van der Waals surface area (Å²) in [6.07, 6.45) is 3.34. The van der Waals surface area contributed by atoms with Gasteiger partial charge in [0, 0.05) is 29.9 Å². The van der Waals surface area contributed by atoms with Crippen molar-refractivity contribution in [1.82, 2.24) is 4.90 Å². The first-order valence-electron chi connectivity index (χ1n) is 10.8. The number of carbonyl (C=O) groups excluding carboxylic acids is 2. The van der Waals surface area contributed by atoms with Crippen LogP contribution in [-0.2, 0) is 9.59 Å². The summed E-state index contributed by atoms with van der Waals surface area (Å²) in [7, 11) is 0. The van der Waals surface area contributed by atoms with Crippen LogP contribution in [0.2, 0.25) is 5.02 Å². The number of halogens is 1. The van der Waals surface area contributed by atoms with E-state index < -0.39 is 0 Å². The Morgan fingerprint density at radius 3 is 2.32 bits per heavy atom. The number of piperidine rings is 1. The van der Waals surface area contributed by atoms with Crippen LogP contribution in [0, 0.1) is 11.8 Å². The number of nitrogens with zero attached hydrogens (tertiary/aromatic N) is 1. The van der Waals surface area contributed by atoms with Gasteiger partial charge in [-0.1, -0.05) is 11.6 Å². The van der Waals surface area contributed by atoms with Crippen LogP contribution >= 0.6 is 11.6 Å². The molecule has 0 atom stereocenters. The van der Waals surface area contributed by atoms with E-state index in [-0.39, 0.29) is 23.7 Å². The summed E-state index contributed by atoms with van der Waals surface area (Å²) in [5, 5.41) is 3.49. The molecule has 4 rings (SSSR count). The Morgan fingerprint density at radius 2 is 1.68 bits per heavy atom. The van der Waals surface area contributed by atoms with Gasteiger partial charge in [0.2, 0.25) is 11.8 Å². The molecule has 0 aromatic heterocycles. The van der Waals surface area contributed by atoms with Gasteiger partial charge >= 0.3 is 0 Å². The number of anilines is 1. The molecular formula is C24H27ClN2O4. The van der Waals surface area contributed by atoms with Crippen LogP contribution in [0.1, 0.15) is 32.6 Å². The van der Waals surface area contributed by atoms with Crippen molar-refractivity contribution >= 4 is 29.1 Å². The third-order valence-electron chi connectivity index (χ3n) is 5.67. The first-order valence-corrected chi connectivity index (χ1v) is 11.2. The zero-order chi connectivity index (χ0) is 21.8.